The second-order valence-corrected chi connectivity index (χ2v) is 6.81. The summed E-state index contributed by atoms with van der Waals surface area (Å²) in [6.45, 7) is 1.65. The molecule has 2 fully saturated rings. The Kier molecular flexibility index (Phi) is 3.67. The smallest absolute Gasteiger partial charge is 0.191 e. The van der Waals surface area contributed by atoms with E-state index in [2.05, 4.69) is 25.8 Å². The number of pyridine rings is 1. The van der Waals surface area contributed by atoms with Crippen LogP contribution in [0.4, 0.5) is 0 Å². The lowest BCUT2D eigenvalue weighted by Crippen LogP contribution is -2.47. The van der Waals surface area contributed by atoms with Gasteiger partial charge in [0.1, 0.15) is 0 Å². The molecule has 0 saturated heterocycles. The molecule has 0 atom stereocenters. The zero-order valence-corrected chi connectivity index (χ0v) is 13.6. The van der Waals surface area contributed by atoms with Gasteiger partial charge in [-0.15, -0.1) is 10.2 Å². The minimum absolute atomic E-state index is 0.541. The molecule has 2 aromatic heterocycles. The fourth-order valence-electron chi connectivity index (χ4n) is 3.71. The van der Waals surface area contributed by atoms with Gasteiger partial charge in [0.05, 0.1) is 6.54 Å². The highest BCUT2D eigenvalue weighted by Gasteiger charge is 2.48. The standard InChI is InChI=1S/C17H24N6/c1-18-16(20-12-17(8-4-9-17)13-6-7-13)19-11-15-22-21-14-5-2-3-10-23(14)15/h2-3,5,10,13H,4,6-9,11-12H2,1H3,(H2,18,19,20). The third kappa shape index (κ3) is 2.78. The Morgan fingerprint density at radius 2 is 2.17 bits per heavy atom. The molecule has 6 heteroatoms. The van der Waals surface area contributed by atoms with Crippen LogP contribution in [0, 0.1) is 11.3 Å². The molecule has 2 aliphatic rings. The molecular weight excluding hydrogens is 288 g/mol. The molecule has 23 heavy (non-hydrogen) atoms. The molecule has 4 rings (SSSR count). The fraction of sp³-hybridized carbons (Fsp3) is 0.588. The highest BCUT2D eigenvalue weighted by Crippen LogP contribution is 2.56. The van der Waals surface area contributed by atoms with Crippen molar-refractivity contribution in [3.63, 3.8) is 0 Å². The summed E-state index contributed by atoms with van der Waals surface area (Å²) >= 11 is 0. The quantitative estimate of drug-likeness (QED) is 0.654. The average Bonchev–Trinajstić information content (AvgIpc) is 3.30. The summed E-state index contributed by atoms with van der Waals surface area (Å²) in [5.41, 5.74) is 1.41. The predicted molar refractivity (Wildman–Crippen MR) is 90.2 cm³/mol. The molecule has 2 heterocycles. The van der Waals surface area contributed by atoms with E-state index in [4.69, 9.17) is 0 Å². The van der Waals surface area contributed by atoms with Crippen molar-refractivity contribution in [3.05, 3.63) is 30.2 Å². The molecule has 0 radical (unpaired) electrons. The van der Waals surface area contributed by atoms with Gasteiger partial charge in [-0.1, -0.05) is 12.5 Å². The van der Waals surface area contributed by atoms with Crippen LogP contribution in [0.2, 0.25) is 0 Å². The highest BCUT2D eigenvalue weighted by molar-refractivity contribution is 5.79. The van der Waals surface area contributed by atoms with Crippen LogP contribution < -0.4 is 10.6 Å². The van der Waals surface area contributed by atoms with Gasteiger partial charge < -0.3 is 10.6 Å². The van der Waals surface area contributed by atoms with E-state index in [-0.39, 0.29) is 0 Å². The monoisotopic (exact) mass is 312 g/mol. The fourth-order valence-corrected chi connectivity index (χ4v) is 3.71. The van der Waals surface area contributed by atoms with Crippen molar-refractivity contribution in [2.24, 2.45) is 16.3 Å². The number of fused-ring (bicyclic) bond motifs is 1. The molecule has 2 aliphatic carbocycles. The Bertz CT molecular complexity index is 711. The van der Waals surface area contributed by atoms with Crippen molar-refractivity contribution in [2.45, 2.75) is 38.6 Å². The summed E-state index contributed by atoms with van der Waals surface area (Å²) in [6, 6.07) is 5.92. The van der Waals surface area contributed by atoms with Crippen LogP contribution in [0.1, 0.15) is 37.9 Å². The zero-order valence-electron chi connectivity index (χ0n) is 13.6. The molecule has 2 saturated carbocycles. The number of aliphatic imine (C=N–C) groups is 1. The largest absolute Gasteiger partial charge is 0.356 e. The molecule has 2 N–H and O–H groups in total. The molecule has 2 aromatic rings. The maximum absolute atomic E-state index is 4.35. The van der Waals surface area contributed by atoms with Gasteiger partial charge in [0.25, 0.3) is 0 Å². The van der Waals surface area contributed by atoms with Crippen LogP contribution in [0.25, 0.3) is 5.65 Å². The van der Waals surface area contributed by atoms with E-state index in [9.17, 15) is 0 Å². The van der Waals surface area contributed by atoms with Gasteiger partial charge in [-0.05, 0) is 49.1 Å². The lowest BCUT2D eigenvalue weighted by molar-refractivity contribution is 0.106. The summed E-state index contributed by atoms with van der Waals surface area (Å²) in [4.78, 5) is 4.35. The summed E-state index contributed by atoms with van der Waals surface area (Å²) in [5.74, 6) is 2.69. The summed E-state index contributed by atoms with van der Waals surface area (Å²) in [6.07, 6.45) is 8.95. The molecule has 0 amide bonds. The second kappa shape index (κ2) is 5.83. The molecular formula is C17H24N6. The highest BCUT2D eigenvalue weighted by atomic mass is 15.3. The molecule has 0 spiro atoms. The van der Waals surface area contributed by atoms with Crippen LogP contribution in [-0.4, -0.2) is 34.2 Å². The van der Waals surface area contributed by atoms with Crippen molar-refractivity contribution in [3.8, 4) is 0 Å². The number of aromatic nitrogens is 3. The number of nitrogens with one attached hydrogen (secondary N) is 2. The third-order valence-corrected chi connectivity index (χ3v) is 5.42. The SMILES string of the molecule is CN=C(NCc1nnc2ccccn12)NCC1(C2CC2)CCC1. The normalized spacial score (nSPS) is 20.3. The van der Waals surface area contributed by atoms with Crippen LogP contribution in [0.5, 0.6) is 0 Å². The van der Waals surface area contributed by atoms with E-state index in [1.54, 1.807) is 0 Å². The van der Waals surface area contributed by atoms with Gasteiger partial charge in [-0.2, -0.15) is 0 Å². The molecule has 0 aliphatic heterocycles. The first-order valence-electron chi connectivity index (χ1n) is 8.54. The van der Waals surface area contributed by atoms with Gasteiger partial charge in [0, 0.05) is 19.8 Å². The lowest BCUT2D eigenvalue weighted by atomic mass is 9.65. The molecule has 0 aromatic carbocycles. The zero-order chi connectivity index (χ0) is 15.7. The number of hydrogen-bond donors (Lipinski definition) is 2. The van der Waals surface area contributed by atoms with Crippen molar-refractivity contribution in [2.75, 3.05) is 13.6 Å². The predicted octanol–water partition coefficient (Wildman–Crippen LogP) is 1.97. The number of nitrogens with zero attached hydrogens (tertiary/aromatic N) is 4. The third-order valence-electron chi connectivity index (χ3n) is 5.42. The summed E-state index contributed by atoms with van der Waals surface area (Å²) < 4.78 is 2.00. The Labute approximate surface area is 136 Å². The first-order chi connectivity index (χ1) is 11.3. The van der Waals surface area contributed by atoms with Gasteiger partial charge in [0.2, 0.25) is 0 Å². The van der Waals surface area contributed by atoms with E-state index in [0.717, 1.165) is 29.9 Å². The Morgan fingerprint density at radius 3 is 2.87 bits per heavy atom. The van der Waals surface area contributed by atoms with Crippen LogP contribution in [-0.2, 0) is 6.54 Å². The van der Waals surface area contributed by atoms with Gasteiger partial charge in [-0.25, -0.2) is 0 Å². The molecule has 122 valence electrons. The summed E-state index contributed by atoms with van der Waals surface area (Å²) in [5, 5.41) is 15.3. The van der Waals surface area contributed by atoms with E-state index in [1.807, 2.05) is 35.8 Å². The second-order valence-electron chi connectivity index (χ2n) is 6.81. The van der Waals surface area contributed by atoms with E-state index < -0.39 is 0 Å². The van der Waals surface area contributed by atoms with E-state index in [1.165, 1.54) is 32.1 Å². The Hall–Kier alpha value is -2.11. The number of rotatable bonds is 5. The molecule has 0 unspecified atom stereocenters. The molecule has 0 bridgehead atoms. The Balaban J connectivity index is 1.35. The van der Waals surface area contributed by atoms with Crippen molar-refractivity contribution in [1.29, 1.82) is 0 Å². The van der Waals surface area contributed by atoms with Gasteiger partial charge in [-0.3, -0.25) is 9.39 Å². The number of guanidine groups is 1. The van der Waals surface area contributed by atoms with Crippen molar-refractivity contribution < 1.29 is 0 Å². The molecule has 6 nitrogen and oxygen atoms in total. The van der Waals surface area contributed by atoms with E-state index in [0.29, 0.717) is 12.0 Å². The van der Waals surface area contributed by atoms with E-state index >= 15 is 0 Å². The first-order valence-corrected chi connectivity index (χ1v) is 8.54. The van der Waals surface area contributed by atoms with Gasteiger partial charge >= 0.3 is 0 Å². The minimum atomic E-state index is 0.541. The van der Waals surface area contributed by atoms with Crippen molar-refractivity contribution in [1.82, 2.24) is 25.2 Å². The first kappa shape index (κ1) is 14.5. The van der Waals surface area contributed by atoms with Crippen LogP contribution >= 0.6 is 0 Å². The summed E-state index contributed by atoms with van der Waals surface area (Å²) in [7, 11) is 1.82. The average molecular weight is 312 g/mol. The van der Waals surface area contributed by atoms with Crippen LogP contribution in [0.3, 0.4) is 0 Å². The maximum Gasteiger partial charge on any atom is 0.191 e. The lowest BCUT2D eigenvalue weighted by Gasteiger charge is -2.43. The van der Waals surface area contributed by atoms with Crippen LogP contribution in [0.15, 0.2) is 29.4 Å². The van der Waals surface area contributed by atoms with Gasteiger partial charge in [0.15, 0.2) is 17.4 Å². The minimum Gasteiger partial charge on any atom is -0.356 e. The topological polar surface area (TPSA) is 66.6 Å². The maximum atomic E-state index is 4.35. The van der Waals surface area contributed by atoms with Crippen molar-refractivity contribution >= 4 is 11.6 Å². The Morgan fingerprint density at radius 1 is 1.30 bits per heavy atom. The number of hydrogen-bond acceptors (Lipinski definition) is 3.